The Bertz CT molecular complexity index is 1250. The Hall–Kier alpha value is -3.52. The van der Waals surface area contributed by atoms with Gasteiger partial charge in [0.1, 0.15) is 17.0 Å². The molecule has 0 fully saturated rings. The minimum absolute atomic E-state index is 0.110. The average Bonchev–Trinajstić information content (AvgIpc) is 3.26. The number of carbonyl (C=O) groups excluding carboxylic acids is 1. The zero-order valence-electron chi connectivity index (χ0n) is 16.6. The molecule has 1 N–H and O–H groups in total. The van der Waals surface area contributed by atoms with Crippen LogP contribution >= 0.6 is 11.3 Å². The van der Waals surface area contributed by atoms with E-state index in [4.69, 9.17) is 4.74 Å². The lowest BCUT2D eigenvalue weighted by Gasteiger charge is -2.12. The minimum atomic E-state index is -0.409. The second kappa shape index (κ2) is 8.46. The molecule has 3 aromatic heterocycles. The minimum Gasteiger partial charge on any atom is -0.431 e. The number of hydrogen-bond donors (Lipinski definition) is 1. The quantitative estimate of drug-likeness (QED) is 0.511. The Morgan fingerprint density at radius 3 is 2.70 bits per heavy atom. The van der Waals surface area contributed by atoms with Crippen molar-refractivity contribution in [3.63, 3.8) is 0 Å². The molecule has 3 heterocycles. The molecule has 0 atom stereocenters. The Labute approximate surface area is 177 Å². The highest BCUT2D eigenvalue weighted by Gasteiger charge is 2.16. The Balaban J connectivity index is 1.50. The second-order valence-corrected chi connectivity index (χ2v) is 7.57. The molecule has 4 aromatic rings. The standard InChI is InChI=1S/C22H20N4O3S/c1-3-26-13-18(19(27)17-9-4-14(2)25-20(17)26)21(28)24-12-15-5-7-16(8-6-15)29-22-23-10-11-30-22/h4-11,13H,3,12H2,1-2H3,(H,24,28). The van der Waals surface area contributed by atoms with Crippen molar-refractivity contribution in [2.24, 2.45) is 0 Å². The van der Waals surface area contributed by atoms with Gasteiger partial charge in [-0.3, -0.25) is 9.59 Å². The Kier molecular flexibility index (Phi) is 5.58. The fourth-order valence-corrected chi connectivity index (χ4v) is 3.58. The van der Waals surface area contributed by atoms with E-state index in [0.29, 0.717) is 35.1 Å². The van der Waals surface area contributed by atoms with Crippen molar-refractivity contribution in [1.29, 1.82) is 0 Å². The fraction of sp³-hybridized carbons (Fsp3) is 0.182. The number of rotatable bonds is 6. The number of ether oxygens (including phenoxy) is 1. The summed E-state index contributed by atoms with van der Waals surface area (Å²) in [6, 6.07) is 10.9. The lowest BCUT2D eigenvalue weighted by molar-refractivity contribution is 0.0949. The van der Waals surface area contributed by atoms with Crippen molar-refractivity contribution in [1.82, 2.24) is 19.9 Å². The van der Waals surface area contributed by atoms with Gasteiger partial charge < -0.3 is 14.6 Å². The molecular weight excluding hydrogens is 400 g/mol. The van der Waals surface area contributed by atoms with Crippen LogP contribution in [0.25, 0.3) is 11.0 Å². The first-order chi connectivity index (χ1) is 14.5. The summed E-state index contributed by atoms with van der Waals surface area (Å²) in [6.45, 7) is 4.73. The number of aromatic nitrogens is 3. The van der Waals surface area contributed by atoms with Gasteiger partial charge in [-0.1, -0.05) is 23.5 Å². The van der Waals surface area contributed by atoms with E-state index < -0.39 is 5.91 Å². The first-order valence-corrected chi connectivity index (χ1v) is 10.4. The van der Waals surface area contributed by atoms with Gasteiger partial charge in [0.2, 0.25) is 5.43 Å². The van der Waals surface area contributed by atoms with Crippen LogP contribution in [-0.2, 0) is 13.1 Å². The van der Waals surface area contributed by atoms with Gasteiger partial charge in [-0.2, -0.15) is 0 Å². The van der Waals surface area contributed by atoms with Crippen molar-refractivity contribution in [3.05, 3.63) is 81.2 Å². The maximum absolute atomic E-state index is 12.8. The van der Waals surface area contributed by atoms with Crippen LogP contribution in [0.5, 0.6) is 10.9 Å². The molecule has 1 aromatic carbocycles. The summed E-state index contributed by atoms with van der Waals surface area (Å²) < 4.78 is 7.45. The van der Waals surface area contributed by atoms with Gasteiger partial charge >= 0.3 is 0 Å². The van der Waals surface area contributed by atoms with Gasteiger partial charge in [-0.25, -0.2) is 9.97 Å². The van der Waals surface area contributed by atoms with E-state index in [1.54, 1.807) is 24.5 Å². The summed E-state index contributed by atoms with van der Waals surface area (Å²) in [5.74, 6) is 0.260. The van der Waals surface area contributed by atoms with Gasteiger partial charge in [0.05, 0.1) is 5.39 Å². The van der Waals surface area contributed by atoms with E-state index in [1.807, 2.05) is 48.1 Å². The highest BCUT2D eigenvalue weighted by molar-refractivity contribution is 7.11. The molecular formula is C22H20N4O3S. The van der Waals surface area contributed by atoms with Crippen LogP contribution in [0.2, 0.25) is 0 Å². The van der Waals surface area contributed by atoms with Crippen molar-refractivity contribution in [3.8, 4) is 10.9 Å². The SMILES string of the molecule is CCn1cc(C(=O)NCc2ccc(Oc3nccs3)cc2)c(=O)c2ccc(C)nc21. The van der Waals surface area contributed by atoms with Crippen LogP contribution in [0.15, 0.2) is 59.0 Å². The molecule has 0 aliphatic carbocycles. The lowest BCUT2D eigenvalue weighted by atomic mass is 10.1. The van der Waals surface area contributed by atoms with E-state index in [1.165, 1.54) is 11.3 Å². The van der Waals surface area contributed by atoms with Crippen molar-refractivity contribution < 1.29 is 9.53 Å². The fourth-order valence-electron chi connectivity index (χ4n) is 3.08. The van der Waals surface area contributed by atoms with Gasteiger partial charge in [-0.15, -0.1) is 0 Å². The van der Waals surface area contributed by atoms with Crippen molar-refractivity contribution in [2.45, 2.75) is 26.9 Å². The first kappa shape index (κ1) is 19.8. The molecule has 0 aliphatic heterocycles. The summed E-state index contributed by atoms with van der Waals surface area (Å²) >= 11 is 1.41. The van der Waals surface area contributed by atoms with Crippen molar-refractivity contribution in [2.75, 3.05) is 0 Å². The number of aryl methyl sites for hydroxylation is 2. The van der Waals surface area contributed by atoms with Crippen LogP contribution in [0, 0.1) is 6.92 Å². The van der Waals surface area contributed by atoms with Crippen LogP contribution in [-0.4, -0.2) is 20.4 Å². The maximum Gasteiger partial charge on any atom is 0.278 e. The van der Waals surface area contributed by atoms with Crippen LogP contribution in [0.4, 0.5) is 0 Å². The van der Waals surface area contributed by atoms with E-state index >= 15 is 0 Å². The summed E-state index contributed by atoms with van der Waals surface area (Å²) in [7, 11) is 0. The molecule has 4 rings (SSSR count). The first-order valence-electron chi connectivity index (χ1n) is 9.50. The largest absolute Gasteiger partial charge is 0.431 e. The molecule has 0 unspecified atom stereocenters. The molecule has 0 aliphatic rings. The van der Waals surface area contributed by atoms with E-state index in [0.717, 1.165) is 11.3 Å². The van der Waals surface area contributed by atoms with Crippen LogP contribution in [0.3, 0.4) is 0 Å². The maximum atomic E-state index is 12.8. The smallest absolute Gasteiger partial charge is 0.278 e. The Morgan fingerprint density at radius 1 is 1.20 bits per heavy atom. The summed E-state index contributed by atoms with van der Waals surface area (Å²) in [4.78, 5) is 34.1. The molecule has 8 heteroatoms. The molecule has 0 saturated heterocycles. The molecule has 30 heavy (non-hydrogen) atoms. The number of nitrogens with zero attached hydrogens (tertiary/aromatic N) is 3. The van der Waals surface area contributed by atoms with Crippen LogP contribution < -0.4 is 15.5 Å². The molecule has 0 spiro atoms. The summed E-state index contributed by atoms with van der Waals surface area (Å²) in [5, 5.41) is 5.68. The third-order valence-corrected chi connectivity index (χ3v) is 5.29. The van der Waals surface area contributed by atoms with E-state index in [2.05, 4.69) is 15.3 Å². The van der Waals surface area contributed by atoms with E-state index in [-0.39, 0.29) is 11.0 Å². The molecule has 0 saturated carbocycles. The third-order valence-electron chi connectivity index (χ3n) is 4.64. The van der Waals surface area contributed by atoms with Crippen LogP contribution in [0.1, 0.15) is 28.5 Å². The molecule has 152 valence electrons. The monoisotopic (exact) mass is 420 g/mol. The third kappa shape index (κ3) is 4.08. The number of amides is 1. The van der Waals surface area contributed by atoms with Gasteiger partial charge in [-0.05, 0) is 43.7 Å². The highest BCUT2D eigenvalue weighted by atomic mass is 32.1. The number of nitrogens with one attached hydrogen (secondary N) is 1. The average molecular weight is 420 g/mol. The second-order valence-electron chi connectivity index (χ2n) is 6.71. The zero-order chi connectivity index (χ0) is 21.1. The lowest BCUT2D eigenvalue weighted by Crippen LogP contribution is -2.29. The number of fused-ring (bicyclic) bond motifs is 1. The zero-order valence-corrected chi connectivity index (χ0v) is 17.4. The highest BCUT2D eigenvalue weighted by Crippen LogP contribution is 2.23. The normalized spacial score (nSPS) is 10.9. The number of thiazole rings is 1. The van der Waals surface area contributed by atoms with Gasteiger partial charge in [0.15, 0.2) is 0 Å². The number of carbonyl (C=O) groups is 1. The number of hydrogen-bond acceptors (Lipinski definition) is 6. The van der Waals surface area contributed by atoms with E-state index in [9.17, 15) is 9.59 Å². The van der Waals surface area contributed by atoms with Crippen molar-refractivity contribution >= 4 is 28.3 Å². The molecule has 0 radical (unpaired) electrons. The molecule has 7 nitrogen and oxygen atoms in total. The van der Waals surface area contributed by atoms with Gasteiger partial charge in [0.25, 0.3) is 11.1 Å². The number of benzene rings is 1. The predicted molar refractivity (Wildman–Crippen MR) is 116 cm³/mol. The van der Waals surface area contributed by atoms with Gasteiger partial charge in [0, 0.05) is 36.6 Å². The number of pyridine rings is 2. The molecule has 0 bridgehead atoms. The Morgan fingerprint density at radius 2 is 2.00 bits per heavy atom. The summed E-state index contributed by atoms with van der Waals surface area (Å²) in [5.41, 5.74) is 2.10. The molecule has 1 amide bonds. The topological polar surface area (TPSA) is 86.1 Å². The summed E-state index contributed by atoms with van der Waals surface area (Å²) in [6.07, 6.45) is 3.26. The predicted octanol–water partition coefficient (Wildman–Crippen LogP) is 3.90.